The summed E-state index contributed by atoms with van der Waals surface area (Å²) in [5, 5.41) is 7.00. The summed E-state index contributed by atoms with van der Waals surface area (Å²) in [5.41, 5.74) is -1.87. The minimum Gasteiger partial charge on any atom is -0.468 e. The number of rotatable bonds is 4. The smallest absolute Gasteiger partial charge is 0.410 e. The summed E-state index contributed by atoms with van der Waals surface area (Å²) in [6, 6.07) is 0. The Hall–Kier alpha value is -1.91. The third-order valence-electron chi connectivity index (χ3n) is 4.50. The van der Waals surface area contributed by atoms with Crippen LogP contribution in [0.4, 0.5) is 4.79 Å². The highest BCUT2D eigenvalue weighted by Gasteiger charge is 2.53. The number of hydrazine groups is 1. The van der Waals surface area contributed by atoms with Gasteiger partial charge in [0.15, 0.2) is 5.41 Å². The van der Waals surface area contributed by atoms with Gasteiger partial charge in [-0.1, -0.05) is 6.92 Å². The molecule has 166 valence electrons. The number of methoxy groups -OCH3 is 2. The predicted octanol–water partition coefficient (Wildman–Crippen LogP) is 0.803. The standard InChI is InChI=1S/C17H29NO6.CH4O.H4N2/c1-7-17(13(19)22-5,14(20)23-6)12-8-10-18(11-9-12)15(21)24-16(2,3)4;2*1-2/h12H,7-11H2,1-6H3;2H,1H3;1-2H2. The SMILES string of the molecule is CCC(C(=O)OC)(C(=O)OC)C1CCN(C(=O)OC(C)(C)C)CC1.CO.NN. The summed E-state index contributed by atoms with van der Waals surface area (Å²) in [6.45, 7) is 8.06. The van der Waals surface area contributed by atoms with Gasteiger partial charge < -0.3 is 24.2 Å². The first kappa shape index (κ1) is 28.3. The lowest BCUT2D eigenvalue weighted by Crippen LogP contribution is -2.51. The Kier molecular flexibility index (Phi) is 13.4. The highest BCUT2D eigenvalue weighted by Crippen LogP contribution is 2.41. The summed E-state index contributed by atoms with van der Waals surface area (Å²) in [5.74, 6) is 6.61. The first-order chi connectivity index (χ1) is 13.1. The first-order valence-electron chi connectivity index (χ1n) is 9.05. The molecule has 0 saturated carbocycles. The van der Waals surface area contributed by atoms with Crippen LogP contribution in [-0.2, 0) is 23.8 Å². The lowest BCUT2D eigenvalue weighted by molar-refractivity contribution is -0.175. The van der Waals surface area contributed by atoms with Crippen molar-refractivity contribution >= 4 is 18.0 Å². The molecule has 0 bridgehead atoms. The number of carbonyl (C=O) groups is 3. The number of hydrogen-bond acceptors (Lipinski definition) is 9. The number of piperidine rings is 1. The number of aliphatic hydroxyl groups is 1. The number of carbonyl (C=O) groups excluding carboxylic acids is 3. The fraction of sp³-hybridized carbons (Fsp3) is 0.833. The van der Waals surface area contributed by atoms with Gasteiger partial charge in [0.25, 0.3) is 0 Å². The molecule has 0 spiro atoms. The summed E-state index contributed by atoms with van der Waals surface area (Å²) < 4.78 is 15.1. The van der Waals surface area contributed by atoms with Crippen LogP contribution in [0.2, 0.25) is 0 Å². The molecule has 28 heavy (non-hydrogen) atoms. The van der Waals surface area contributed by atoms with Crippen LogP contribution in [0.15, 0.2) is 0 Å². The normalized spacial score (nSPS) is 14.6. The molecule has 5 N–H and O–H groups in total. The van der Waals surface area contributed by atoms with E-state index in [2.05, 4.69) is 11.7 Å². The molecule has 10 heteroatoms. The van der Waals surface area contributed by atoms with Crippen molar-refractivity contribution in [2.75, 3.05) is 34.4 Å². The van der Waals surface area contributed by atoms with E-state index in [0.29, 0.717) is 32.4 Å². The van der Waals surface area contributed by atoms with Crippen LogP contribution in [0.5, 0.6) is 0 Å². The molecule has 10 nitrogen and oxygen atoms in total. The van der Waals surface area contributed by atoms with E-state index in [1.807, 2.05) is 20.8 Å². The van der Waals surface area contributed by atoms with E-state index < -0.39 is 23.0 Å². The summed E-state index contributed by atoms with van der Waals surface area (Å²) >= 11 is 0. The maximum absolute atomic E-state index is 12.3. The zero-order valence-corrected chi connectivity index (χ0v) is 18.1. The maximum Gasteiger partial charge on any atom is 0.410 e. The minimum atomic E-state index is -1.32. The Balaban J connectivity index is 0. The van der Waals surface area contributed by atoms with Gasteiger partial charge in [0.2, 0.25) is 0 Å². The highest BCUT2D eigenvalue weighted by molar-refractivity contribution is 6.00. The van der Waals surface area contributed by atoms with Crippen molar-refractivity contribution < 1.29 is 33.7 Å². The molecule has 1 saturated heterocycles. The van der Waals surface area contributed by atoms with Crippen LogP contribution in [0.3, 0.4) is 0 Å². The maximum atomic E-state index is 12.3. The van der Waals surface area contributed by atoms with Gasteiger partial charge in [-0.3, -0.25) is 21.3 Å². The van der Waals surface area contributed by atoms with Crippen molar-refractivity contribution in [3.63, 3.8) is 0 Å². The van der Waals surface area contributed by atoms with E-state index in [0.717, 1.165) is 7.11 Å². The van der Waals surface area contributed by atoms with Crippen LogP contribution in [0.1, 0.15) is 47.0 Å². The fourth-order valence-corrected chi connectivity index (χ4v) is 3.24. The number of hydrogen-bond donors (Lipinski definition) is 3. The lowest BCUT2D eigenvalue weighted by atomic mass is 9.69. The van der Waals surface area contributed by atoms with Crippen LogP contribution in [-0.4, -0.2) is 68.1 Å². The van der Waals surface area contributed by atoms with Gasteiger partial charge in [0, 0.05) is 20.2 Å². The molecule has 1 heterocycles. The van der Waals surface area contributed by atoms with Gasteiger partial charge >= 0.3 is 18.0 Å². The van der Waals surface area contributed by atoms with E-state index in [4.69, 9.17) is 19.3 Å². The van der Waals surface area contributed by atoms with Crippen molar-refractivity contribution in [2.24, 2.45) is 23.0 Å². The van der Waals surface area contributed by atoms with E-state index in [1.54, 1.807) is 11.8 Å². The molecular weight excluding hydrogens is 370 g/mol. The molecule has 1 amide bonds. The molecule has 1 rings (SSSR count). The Morgan fingerprint density at radius 1 is 1.00 bits per heavy atom. The monoisotopic (exact) mass is 407 g/mol. The zero-order chi connectivity index (χ0) is 22.5. The Morgan fingerprint density at radius 2 is 1.39 bits per heavy atom. The molecule has 1 fully saturated rings. The molecule has 0 unspecified atom stereocenters. The molecule has 1 aliphatic rings. The Morgan fingerprint density at radius 3 is 1.68 bits per heavy atom. The number of esters is 2. The summed E-state index contributed by atoms with van der Waals surface area (Å²) in [4.78, 5) is 38.4. The number of nitrogens with two attached hydrogens (primary N) is 2. The van der Waals surface area contributed by atoms with E-state index in [-0.39, 0.29) is 12.0 Å². The lowest BCUT2D eigenvalue weighted by Gasteiger charge is -2.40. The van der Waals surface area contributed by atoms with Gasteiger partial charge in [-0.15, -0.1) is 0 Å². The summed E-state index contributed by atoms with van der Waals surface area (Å²) in [6.07, 6.45) is 0.942. The zero-order valence-electron chi connectivity index (χ0n) is 18.1. The number of aliphatic hydroxyl groups excluding tert-OH is 1. The minimum absolute atomic E-state index is 0.235. The van der Waals surface area contributed by atoms with Gasteiger partial charge in [-0.25, -0.2) is 4.79 Å². The van der Waals surface area contributed by atoms with Crippen molar-refractivity contribution in [2.45, 2.75) is 52.6 Å². The Bertz CT molecular complexity index is 468. The van der Waals surface area contributed by atoms with Gasteiger partial charge in [-0.2, -0.15) is 0 Å². The molecule has 0 aromatic rings. The number of nitrogens with zero attached hydrogens (tertiary/aromatic N) is 1. The molecular formula is C18H37N3O7. The topological polar surface area (TPSA) is 154 Å². The average molecular weight is 408 g/mol. The van der Waals surface area contributed by atoms with E-state index >= 15 is 0 Å². The van der Waals surface area contributed by atoms with Crippen molar-refractivity contribution in [3.05, 3.63) is 0 Å². The van der Waals surface area contributed by atoms with Gasteiger partial charge in [0.1, 0.15) is 5.60 Å². The Labute approximate surface area is 167 Å². The predicted molar refractivity (Wildman–Crippen MR) is 104 cm³/mol. The largest absolute Gasteiger partial charge is 0.468 e. The van der Waals surface area contributed by atoms with Crippen LogP contribution < -0.4 is 11.7 Å². The summed E-state index contributed by atoms with van der Waals surface area (Å²) in [7, 11) is 3.54. The van der Waals surface area contributed by atoms with E-state index in [9.17, 15) is 14.4 Å². The number of amides is 1. The average Bonchev–Trinajstić information content (AvgIpc) is 2.70. The third kappa shape index (κ3) is 7.25. The number of ether oxygens (including phenoxy) is 3. The van der Waals surface area contributed by atoms with Crippen LogP contribution in [0.25, 0.3) is 0 Å². The van der Waals surface area contributed by atoms with Gasteiger partial charge in [0.05, 0.1) is 14.2 Å². The molecule has 0 radical (unpaired) electrons. The molecule has 1 aliphatic heterocycles. The highest BCUT2D eigenvalue weighted by atomic mass is 16.6. The van der Waals surface area contributed by atoms with Crippen molar-refractivity contribution in [3.8, 4) is 0 Å². The second kappa shape index (κ2) is 13.3. The molecule has 0 aromatic heterocycles. The van der Waals surface area contributed by atoms with Crippen molar-refractivity contribution in [1.29, 1.82) is 0 Å². The van der Waals surface area contributed by atoms with Gasteiger partial charge in [-0.05, 0) is 46.0 Å². The van der Waals surface area contributed by atoms with Crippen molar-refractivity contribution in [1.82, 2.24) is 4.90 Å². The second-order valence-corrected chi connectivity index (χ2v) is 7.05. The fourth-order valence-electron chi connectivity index (χ4n) is 3.24. The van der Waals surface area contributed by atoms with Crippen LogP contribution in [0, 0.1) is 11.3 Å². The molecule has 0 aromatic carbocycles. The first-order valence-corrected chi connectivity index (χ1v) is 9.05. The number of likely N-dealkylation sites (tertiary alicyclic amines) is 1. The van der Waals surface area contributed by atoms with Crippen LogP contribution >= 0.6 is 0 Å². The third-order valence-corrected chi connectivity index (χ3v) is 4.50. The second-order valence-electron chi connectivity index (χ2n) is 7.05. The van der Waals surface area contributed by atoms with E-state index in [1.165, 1.54) is 14.2 Å². The quantitative estimate of drug-likeness (QED) is 0.202. The molecule has 0 atom stereocenters. The molecule has 0 aliphatic carbocycles.